The topological polar surface area (TPSA) is 140 Å². The Morgan fingerprint density at radius 2 is 1.57 bits per heavy atom. The molecule has 2 aromatic carbocycles. The Morgan fingerprint density at radius 1 is 0.857 bits per heavy atom. The number of carbonyl (C=O) groups excluding carboxylic acids is 5. The minimum absolute atomic E-state index is 0.166. The first-order chi connectivity index (χ1) is 16.8. The molecule has 0 aliphatic carbocycles. The fraction of sp³-hybridized carbons (Fsp3) is 0.292. The van der Waals surface area contributed by atoms with E-state index in [0.29, 0.717) is 17.9 Å². The molecular formula is C24H26ClN3O7. The van der Waals surface area contributed by atoms with Crippen LogP contribution in [0.15, 0.2) is 48.5 Å². The highest BCUT2D eigenvalue weighted by Gasteiger charge is 2.14. The van der Waals surface area contributed by atoms with Gasteiger partial charge in [0.1, 0.15) is 0 Å². The number of nitrogens with one attached hydrogen (secondary N) is 3. The van der Waals surface area contributed by atoms with E-state index in [0.717, 1.165) is 12.8 Å². The predicted molar refractivity (Wildman–Crippen MR) is 128 cm³/mol. The van der Waals surface area contributed by atoms with Crippen molar-refractivity contribution >= 4 is 46.9 Å². The zero-order valence-corrected chi connectivity index (χ0v) is 19.9. The maximum atomic E-state index is 12.0. The van der Waals surface area contributed by atoms with Gasteiger partial charge in [-0.2, -0.15) is 0 Å². The third-order valence-electron chi connectivity index (χ3n) is 4.49. The average molecular weight is 504 g/mol. The van der Waals surface area contributed by atoms with Crippen molar-refractivity contribution in [3.63, 3.8) is 0 Å². The number of esters is 2. The number of rotatable bonds is 11. The van der Waals surface area contributed by atoms with Gasteiger partial charge in [-0.05, 0) is 42.8 Å². The van der Waals surface area contributed by atoms with Gasteiger partial charge in [0.2, 0.25) is 5.91 Å². The maximum absolute atomic E-state index is 12.0. The summed E-state index contributed by atoms with van der Waals surface area (Å²) in [5.74, 6) is -3.05. The number of unbranched alkanes of at least 4 members (excludes halogenated alkanes) is 1. The Balaban J connectivity index is 1.65. The van der Waals surface area contributed by atoms with E-state index in [1.807, 2.05) is 6.92 Å². The molecule has 2 rings (SSSR count). The summed E-state index contributed by atoms with van der Waals surface area (Å²) in [6.45, 7) is 1.70. The second kappa shape index (κ2) is 14.4. The van der Waals surface area contributed by atoms with Crippen molar-refractivity contribution in [2.24, 2.45) is 0 Å². The van der Waals surface area contributed by atoms with E-state index in [1.165, 1.54) is 24.3 Å². The van der Waals surface area contributed by atoms with Crippen LogP contribution in [0.1, 0.15) is 53.3 Å². The summed E-state index contributed by atoms with van der Waals surface area (Å²) in [5.41, 5.74) is 5.23. The Labute approximate surface area is 207 Å². The summed E-state index contributed by atoms with van der Waals surface area (Å²) >= 11 is 5.89. The third-order valence-corrected chi connectivity index (χ3v) is 4.82. The monoisotopic (exact) mass is 503 g/mol. The van der Waals surface area contributed by atoms with Crippen molar-refractivity contribution in [3.05, 3.63) is 64.7 Å². The van der Waals surface area contributed by atoms with Gasteiger partial charge in [0.15, 0.2) is 6.61 Å². The Bertz CT molecular complexity index is 1060. The van der Waals surface area contributed by atoms with Crippen LogP contribution in [0, 0.1) is 0 Å². The minimum atomic E-state index is -0.767. The predicted octanol–water partition coefficient (Wildman–Crippen LogP) is 3.02. The number of hydrogen-bond acceptors (Lipinski definition) is 7. The fourth-order valence-corrected chi connectivity index (χ4v) is 2.84. The van der Waals surface area contributed by atoms with Gasteiger partial charge in [0.05, 0.1) is 29.2 Å². The molecule has 10 nitrogen and oxygen atoms in total. The average Bonchev–Trinajstić information content (AvgIpc) is 2.85. The number of carbonyl (C=O) groups is 5. The number of anilines is 1. The van der Waals surface area contributed by atoms with Crippen LogP contribution < -0.4 is 16.2 Å². The maximum Gasteiger partial charge on any atom is 0.338 e. The van der Waals surface area contributed by atoms with Gasteiger partial charge in [-0.25, -0.2) is 4.79 Å². The summed E-state index contributed by atoms with van der Waals surface area (Å²) < 4.78 is 9.90. The van der Waals surface area contributed by atoms with Crippen LogP contribution in [0.2, 0.25) is 5.02 Å². The summed E-state index contributed by atoms with van der Waals surface area (Å²) in [6, 6.07) is 12.4. The van der Waals surface area contributed by atoms with Gasteiger partial charge in [0.25, 0.3) is 11.8 Å². The molecule has 0 atom stereocenters. The molecule has 0 spiro atoms. The Kier molecular flexibility index (Phi) is 11.2. The van der Waals surface area contributed by atoms with Gasteiger partial charge < -0.3 is 14.8 Å². The van der Waals surface area contributed by atoms with E-state index in [2.05, 4.69) is 16.2 Å². The molecule has 3 amide bonds. The molecule has 0 aliphatic rings. The number of benzene rings is 2. The van der Waals surface area contributed by atoms with Crippen LogP contribution >= 0.6 is 11.6 Å². The molecule has 3 N–H and O–H groups in total. The van der Waals surface area contributed by atoms with Crippen LogP contribution in [-0.4, -0.2) is 42.9 Å². The Hall–Kier alpha value is -3.92. The lowest BCUT2D eigenvalue weighted by Crippen LogP contribution is -2.43. The second-order valence-corrected chi connectivity index (χ2v) is 7.67. The van der Waals surface area contributed by atoms with E-state index >= 15 is 0 Å². The molecule has 0 saturated carbocycles. The summed E-state index contributed by atoms with van der Waals surface area (Å²) in [7, 11) is 0. The van der Waals surface area contributed by atoms with Gasteiger partial charge in [-0.3, -0.25) is 30.0 Å². The standard InChI is InChI=1S/C24H26ClN3O7/c1-2-3-14-34-24(33)16-8-10-17(11-9-16)26-20(29)12-13-22(31)35-15-21(30)27-28-23(32)18-6-4-5-7-19(18)25/h4-11H,2-3,12-15H2,1H3,(H,26,29)(H,27,30)(H,28,32). The molecule has 11 heteroatoms. The van der Waals surface area contributed by atoms with Crippen LogP contribution in [-0.2, 0) is 23.9 Å². The third kappa shape index (κ3) is 9.85. The van der Waals surface area contributed by atoms with Gasteiger partial charge in [-0.15, -0.1) is 0 Å². The van der Waals surface area contributed by atoms with E-state index in [-0.39, 0.29) is 23.4 Å². The molecule has 186 valence electrons. The quantitative estimate of drug-likeness (QED) is 0.243. The van der Waals surface area contributed by atoms with Gasteiger partial charge >= 0.3 is 11.9 Å². The molecule has 0 aromatic heterocycles. The highest BCUT2D eigenvalue weighted by molar-refractivity contribution is 6.33. The highest BCUT2D eigenvalue weighted by atomic mass is 35.5. The number of ether oxygens (including phenoxy) is 2. The normalized spacial score (nSPS) is 10.1. The summed E-state index contributed by atoms with van der Waals surface area (Å²) in [5, 5.41) is 2.81. The molecule has 0 unspecified atom stereocenters. The zero-order chi connectivity index (χ0) is 25.6. The lowest BCUT2D eigenvalue weighted by molar-refractivity contribution is -0.149. The molecule has 0 bridgehead atoms. The minimum Gasteiger partial charge on any atom is -0.462 e. The Morgan fingerprint density at radius 3 is 2.26 bits per heavy atom. The second-order valence-electron chi connectivity index (χ2n) is 7.26. The van der Waals surface area contributed by atoms with Crippen molar-refractivity contribution in [2.75, 3.05) is 18.5 Å². The molecule has 0 saturated heterocycles. The van der Waals surface area contributed by atoms with E-state index in [4.69, 9.17) is 21.1 Å². The molecule has 0 heterocycles. The van der Waals surface area contributed by atoms with Crippen LogP contribution in [0.25, 0.3) is 0 Å². The van der Waals surface area contributed by atoms with E-state index in [9.17, 15) is 24.0 Å². The lowest BCUT2D eigenvalue weighted by atomic mass is 10.2. The van der Waals surface area contributed by atoms with Crippen molar-refractivity contribution in [1.29, 1.82) is 0 Å². The first kappa shape index (κ1) is 27.3. The van der Waals surface area contributed by atoms with Gasteiger partial charge in [-0.1, -0.05) is 37.1 Å². The molecule has 0 fully saturated rings. The van der Waals surface area contributed by atoms with Crippen LogP contribution in [0.5, 0.6) is 0 Å². The van der Waals surface area contributed by atoms with Gasteiger partial charge in [0, 0.05) is 12.1 Å². The highest BCUT2D eigenvalue weighted by Crippen LogP contribution is 2.14. The van der Waals surface area contributed by atoms with Crippen molar-refractivity contribution in [2.45, 2.75) is 32.6 Å². The van der Waals surface area contributed by atoms with Crippen LogP contribution in [0.3, 0.4) is 0 Å². The van der Waals surface area contributed by atoms with Crippen molar-refractivity contribution in [3.8, 4) is 0 Å². The van der Waals surface area contributed by atoms with E-state index < -0.39 is 36.3 Å². The number of hydrazine groups is 1. The first-order valence-electron chi connectivity index (χ1n) is 10.9. The number of hydrogen-bond donors (Lipinski definition) is 3. The lowest BCUT2D eigenvalue weighted by Gasteiger charge is -2.09. The van der Waals surface area contributed by atoms with Crippen LogP contribution in [0.4, 0.5) is 5.69 Å². The fourth-order valence-electron chi connectivity index (χ4n) is 2.61. The zero-order valence-electron chi connectivity index (χ0n) is 19.1. The van der Waals surface area contributed by atoms with Crippen molar-refractivity contribution < 1.29 is 33.4 Å². The smallest absolute Gasteiger partial charge is 0.338 e. The summed E-state index contributed by atoms with van der Waals surface area (Å²) in [6.07, 6.45) is 1.27. The molecular weight excluding hydrogens is 478 g/mol. The van der Waals surface area contributed by atoms with Crippen molar-refractivity contribution in [1.82, 2.24) is 10.9 Å². The molecule has 2 aromatic rings. The first-order valence-corrected chi connectivity index (χ1v) is 11.2. The number of halogens is 1. The summed E-state index contributed by atoms with van der Waals surface area (Å²) in [4.78, 5) is 59.4. The SMILES string of the molecule is CCCCOC(=O)c1ccc(NC(=O)CCC(=O)OCC(=O)NNC(=O)c2ccccc2Cl)cc1. The van der Waals surface area contributed by atoms with E-state index in [1.54, 1.807) is 24.3 Å². The number of amides is 3. The molecule has 0 radical (unpaired) electrons. The molecule has 0 aliphatic heterocycles. The molecule has 35 heavy (non-hydrogen) atoms. The largest absolute Gasteiger partial charge is 0.462 e.